The second kappa shape index (κ2) is 4.81. The quantitative estimate of drug-likeness (QED) is 0.695. The Balaban J connectivity index is 1.63. The lowest BCUT2D eigenvalue weighted by Gasteiger charge is -2.45. The molecule has 2 heterocycles. The number of rotatable bonds is 2. The lowest BCUT2D eigenvalue weighted by molar-refractivity contribution is -0.0126. The molecule has 0 aromatic rings. The molecule has 100 valence electrons. The Morgan fingerprint density at radius 3 is 2.44 bits per heavy atom. The van der Waals surface area contributed by atoms with Crippen LogP contribution in [-0.4, -0.2) is 54.2 Å². The summed E-state index contributed by atoms with van der Waals surface area (Å²) < 4.78 is 5.32. The van der Waals surface area contributed by atoms with Crippen molar-refractivity contribution >= 4 is 6.09 Å². The average molecular weight is 250 g/mol. The molecular weight excluding hydrogens is 228 g/mol. The van der Waals surface area contributed by atoms with Gasteiger partial charge in [-0.25, -0.2) is 4.79 Å². The van der Waals surface area contributed by atoms with Gasteiger partial charge in [0.05, 0.1) is 0 Å². The molecule has 0 unspecified atom stereocenters. The second-order valence-corrected chi connectivity index (χ2v) is 6.33. The van der Waals surface area contributed by atoms with Crippen LogP contribution < -0.4 is 0 Å². The van der Waals surface area contributed by atoms with Crippen LogP contribution in [0.15, 0.2) is 0 Å². The normalized spacial score (nSPS) is 22.0. The van der Waals surface area contributed by atoms with Crippen LogP contribution in [0.25, 0.3) is 0 Å². The van der Waals surface area contributed by atoms with Gasteiger partial charge in [-0.2, -0.15) is 0 Å². The smallest absolute Gasteiger partial charge is 0.410 e. The summed E-state index contributed by atoms with van der Waals surface area (Å²) >= 11 is 0. The molecule has 0 aromatic carbocycles. The zero-order valence-corrected chi connectivity index (χ0v) is 11.5. The summed E-state index contributed by atoms with van der Waals surface area (Å²) in [5, 5.41) is 0. The van der Waals surface area contributed by atoms with Crippen molar-refractivity contribution in [1.82, 2.24) is 9.80 Å². The summed E-state index contributed by atoms with van der Waals surface area (Å²) in [6, 6.07) is 0. The van der Waals surface area contributed by atoms with Gasteiger partial charge >= 0.3 is 6.09 Å². The van der Waals surface area contributed by atoms with Crippen molar-refractivity contribution in [3.63, 3.8) is 0 Å². The van der Waals surface area contributed by atoms with E-state index in [9.17, 15) is 4.79 Å². The van der Waals surface area contributed by atoms with Crippen LogP contribution in [0, 0.1) is 24.2 Å². The molecule has 0 N–H and O–H groups in total. The highest BCUT2D eigenvalue weighted by Crippen LogP contribution is 2.23. The zero-order chi connectivity index (χ0) is 13.3. The Morgan fingerprint density at radius 2 is 1.94 bits per heavy atom. The summed E-state index contributed by atoms with van der Waals surface area (Å²) in [7, 11) is 0. The summed E-state index contributed by atoms with van der Waals surface area (Å²) in [5.41, 5.74) is -0.403. The molecule has 0 atom stereocenters. The maximum Gasteiger partial charge on any atom is 0.410 e. The van der Waals surface area contributed by atoms with Gasteiger partial charge in [0.2, 0.25) is 0 Å². The zero-order valence-electron chi connectivity index (χ0n) is 11.5. The monoisotopic (exact) mass is 250 g/mol. The molecule has 2 saturated heterocycles. The highest BCUT2D eigenvalue weighted by atomic mass is 16.6. The van der Waals surface area contributed by atoms with E-state index in [0.717, 1.165) is 32.7 Å². The van der Waals surface area contributed by atoms with Gasteiger partial charge in [-0.15, -0.1) is 12.3 Å². The van der Waals surface area contributed by atoms with Crippen molar-refractivity contribution in [3.8, 4) is 12.3 Å². The SMILES string of the molecule is C#CC1CN(CC2CN(C(=O)OC(C)(C)C)C2)C1. The van der Waals surface area contributed by atoms with Crippen LogP contribution >= 0.6 is 0 Å². The Bertz CT molecular complexity index is 355. The number of carbonyl (C=O) groups excluding carboxylic acids is 1. The van der Waals surface area contributed by atoms with E-state index in [1.807, 2.05) is 20.8 Å². The lowest BCUT2D eigenvalue weighted by Crippen LogP contribution is -2.57. The number of hydrogen-bond acceptors (Lipinski definition) is 3. The minimum absolute atomic E-state index is 0.191. The Morgan fingerprint density at radius 1 is 1.33 bits per heavy atom. The first-order chi connectivity index (χ1) is 8.37. The van der Waals surface area contributed by atoms with Crippen molar-refractivity contribution < 1.29 is 9.53 Å². The predicted octanol–water partition coefficient (Wildman–Crippen LogP) is 1.42. The molecule has 0 aromatic heterocycles. The van der Waals surface area contributed by atoms with Gasteiger partial charge in [0, 0.05) is 44.6 Å². The van der Waals surface area contributed by atoms with E-state index in [1.165, 1.54) is 0 Å². The van der Waals surface area contributed by atoms with E-state index < -0.39 is 5.60 Å². The maximum atomic E-state index is 11.7. The Labute approximate surface area is 109 Å². The predicted molar refractivity (Wildman–Crippen MR) is 70.1 cm³/mol. The van der Waals surface area contributed by atoms with Gasteiger partial charge in [-0.3, -0.25) is 0 Å². The van der Waals surface area contributed by atoms with Gasteiger partial charge in [-0.05, 0) is 20.8 Å². The summed E-state index contributed by atoms with van der Waals surface area (Å²) in [6.45, 7) is 10.4. The van der Waals surface area contributed by atoms with Gasteiger partial charge in [0.1, 0.15) is 5.60 Å². The molecule has 4 heteroatoms. The van der Waals surface area contributed by atoms with Gasteiger partial charge < -0.3 is 14.5 Å². The Hall–Kier alpha value is -1.21. The first kappa shape index (κ1) is 13.2. The number of hydrogen-bond donors (Lipinski definition) is 0. The fourth-order valence-corrected chi connectivity index (χ4v) is 2.35. The molecule has 18 heavy (non-hydrogen) atoms. The molecule has 0 saturated carbocycles. The van der Waals surface area contributed by atoms with Crippen molar-refractivity contribution in [2.45, 2.75) is 26.4 Å². The average Bonchev–Trinajstić information content (AvgIpc) is 2.09. The highest BCUT2D eigenvalue weighted by molar-refractivity contribution is 5.69. The molecule has 0 radical (unpaired) electrons. The molecule has 1 amide bonds. The molecule has 2 rings (SSSR count). The number of likely N-dealkylation sites (tertiary alicyclic amines) is 2. The second-order valence-electron chi connectivity index (χ2n) is 6.33. The van der Waals surface area contributed by atoms with Crippen LogP contribution in [0.3, 0.4) is 0 Å². The van der Waals surface area contributed by atoms with E-state index in [4.69, 9.17) is 11.2 Å². The van der Waals surface area contributed by atoms with Crippen LogP contribution in [-0.2, 0) is 4.74 Å². The fourth-order valence-electron chi connectivity index (χ4n) is 2.35. The largest absolute Gasteiger partial charge is 0.444 e. The Kier molecular flexibility index (Phi) is 3.54. The molecular formula is C14H22N2O2. The van der Waals surface area contributed by atoms with Crippen LogP contribution in [0.5, 0.6) is 0 Å². The summed E-state index contributed by atoms with van der Waals surface area (Å²) in [4.78, 5) is 15.9. The summed E-state index contributed by atoms with van der Waals surface area (Å²) in [6.07, 6.45) is 5.16. The van der Waals surface area contributed by atoms with Gasteiger partial charge in [0.15, 0.2) is 0 Å². The number of carbonyl (C=O) groups is 1. The van der Waals surface area contributed by atoms with E-state index in [-0.39, 0.29) is 6.09 Å². The topological polar surface area (TPSA) is 32.8 Å². The third-order valence-electron chi connectivity index (χ3n) is 3.32. The minimum atomic E-state index is -0.403. The van der Waals surface area contributed by atoms with E-state index in [0.29, 0.717) is 11.8 Å². The molecule has 0 spiro atoms. The lowest BCUT2D eigenvalue weighted by atomic mass is 9.95. The number of nitrogens with zero attached hydrogens (tertiary/aromatic N) is 2. The number of amides is 1. The number of terminal acetylenes is 1. The van der Waals surface area contributed by atoms with Gasteiger partial charge in [-0.1, -0.05) is 0 Å². The first-order valence-corrected chi connectivity index (χ1v) is 6.54. The minimum Gasteiger partial charge on any atom is -0.444 e. The van der Waals surface area contributed by atoms with Crippen molar-refractivity contribution in [2.24, 2.45) is 11.8 Å². The molecule has 0 aliphatic carbocycles. The summed E-state index contributed by atoms with van der Waals surface area (Å²) in [5.74, 6) is 3.78. The maximum absolute atomic E-state index is 11.7. The molecule has 2 aliphatic rings. The molecule has 2 fully saturated rings. The molecule has 2 aliphatic heterocycles. The number of ether oxygens (including phenoxy) is 1. The van der Waals surface area contributed by atoms with Crippen LogP contribution in [0.1, 0.15) is 20.8 Å². The third-order valence-corrected chi connectivity index (χ3v) is 3.32. The highest BCUT2D eigenvalue weighted by Gasteiger charge is 2.36. The fraction of sp³-hybridized carbons (Fsp3) is 0.786. The standard InChI is InChI=1S/C14H22N2O2/c1-5-11-6-15(7-11)8-12-9-16(10-12)13(17)18-14(2,3)4/h1,11-12H,6-10H2,2-4H3. The van der Waals surface area contributed by atoms with E-state index in [1.54, 1.807) is 4.90 Å². The van der Waals surface area contributed by atoms with Gasteiger partial charge in [0.25, 0.3) is 0 Å². The molecule has 0 bridgehead atoms. The van der Waals surface area contributed by atoms with Crippen molar-refractivity contribution in [2.75, 3.05) is 32.7 Å². The van der Waals surface area contributed by atoms with Crippen LogP contribution in [0.4, 0.5) is 4.79 Å². The third kappa shape index (κ3) is 3.17. The van der Waals surface area contributed by atoms with E-state index in [2.05, 4.69) is 10.8 Å². The first-order valence-electron chi connectivity index (χ1n) is 6.54. The molecule has 4 nitrogen and oxygen atoms in total. The van der Waals surface area contributed by atoms with E-state index >= 15 is 0 Å². The van der Waals surface area contributed by atoms with Crippen molar-refractivity contribution in [1.29, 1.82) is 0 Å². The van der Waals surface area contributed by atoms with Crippen molar-refractivity contribution in [3.05, 3.63) is 0 Å². The van der Waals surface area contributed by atoms with Crippen LogP contribution in [0.2, 0.25) is 0 Å².